The summed E-state index contributed by atoms with van der Waals surface area (Å²) in [7, 11) is 0. The van der Waals surface area contributed by atoms with Crippen LogP contribution in [0.4, 0.5) is 0 Å². The first-order chi connectivity index (χ1) is 14.6. The Morgan fingerprint density at radius 2 is 1.74 bits per heavy atom. The maximum absolute atomic E-state index is 12.1. The molecular weight excluding hydrogens is 388 g/mol. The number of carboxylic acid groups (broad SMARTS) is 1. The third-order valence-corrected chi connectivity index (χ3v) is 10.6. The fourth-order valence-electron chi connectivity index (χ4n) is 8.80. The van der Waals surface area contributed by atoms with Gasteiger partial charge >= 0.3 is 5.97 Å². The highest BCUT2D eigenvalue weighted by Crippen LogP contribution is 2.67. The van der Waals surface area contributed by atoms with Crippen LogP contribution < -0.4 is 11.1 Å². The smallest absolute Gasteiger partial charge is 0.303 e. The van der Waals surface area contributed by atoms with Crippen LogP contribution in [0.1, 0.15) is 97.8 Å². The molecule has 0 aromatic carbocycles. The summed E-state index contributed by atoms with van der Waals surface area (Å²) < 4.78 is 0. The number of hydrogen-bond donors (Lipinski definition) is 3. The summed E-state index contributed by atoms with van der Waals surface area (Å²) in [5.74, 6) is 3.28. The van der Waals surface area contributed by atoms with Gasteiger partial charge in [0.15, 0.2) is 0 Å². The molecular formula is C26H44N2O3. The van der Waals surface area contributed by atoms with Gasteiger partial charge in [0, 0.05) is 12.5 Å². The van der Waals surface area contributed by atoms with Crippen LogP contribution >= 0.6 is 0 Å². The lowest BCUT2D eigenvalue weighted by atomic mass is 9.44. The molecule has 1 amide bonds. The number of rotatable bonds is 6. The Kier molecular flexibility index (Phi) is 6.46. The van der Waals surface area contributed by atoms with E-state index in [1.165, 1.54) is 44.9 Å². The van der Waals surface area contributed by atoms with Crippen molar-refractivity contribution in [3.63, 3.8) is 0 Å². The predicted molar refractivity (Wildman–Crippen MR) is 122 cm³/mol. The lowest BCUT2D eigenvalue weighted by molar-refractivity contribution is -0.137. The Bertz CT molecular complexity index is 694. The first-order valence-electron chi connectivity index (χ1n) is 12.9. The van der Waals surface area contributed by atoms with Gasteiger partial charge in [-0.15, -0.1) is 0 Å². The number of carbonyl (C=O) groups excluding carboxylic acids is 1. The largest absolute Gasteiger partial charge is 0.481 e. The maximum Gasteiger partial charge on any atom is 0.303 e. The molecule has 0 saturated heterocycles. The van der Waals surface area contributed by atoms with Gasteiger partial charge in [0.25, 0.3) is 0 Å². The number of hydrogen-bond acceptors (Lipinski definition) is 3. The zero-order valence-electron chi connectivity index (χ0n) is 19.9. The minimum Gasteiger partial charge on any atom is -0.481 e. The lowest BCUT2D eigenvalue weighted by Gasteiger charge is -2.61. The Balaban J connectivity index is 1.42. The molecule has 9 atom stereocenters. The van der Waals surface area contributed by atoms with Crippen LogP contribution in [-0.2, 0) is 9.59 Å². The Morgan fingerprint density at radius 3 is 2.45 bits per heavy atom. The molecule has 31 heavy (non-hydrogen) atoms. The standard InChI is InChI=1S/C26H44N2O3/c1-16(27)24(31)28-19-11-13-26(3)18(15-19)7-9-20-21-10-8-17(5-4-6-23(29)30)25(21,2)14-12-22(20)26/h16-22H,4-15,27H2,1-3H3,(H,28,31)(H,29,30)/t16-,17?,18+,19+,20?,21?,22?,25?,26-/m0/s1. The van der Waals surface area contributed by atoms with E-state index in [9.17, 15) is 9.59 Å². The highest BCUT2D eigenvalue weighted by molar-refractivity contribution is 5.81. The third kappa shape index (κ3) is 4.16. The van der Waals surface area contributed by atoms with E-state index in [2.05, 4.69) is 19.2 Å². The van der Waals surface area contributed by atoms with Crippen LogP contribution in [-0.4, -0.2) is 29.1 Å². The molecule has 4 N–H and O–H groups in total. The summed E-state index contributed by atoms with van der Waals surface area (Å²) in [6.45, 7) is 6.88. The summed E-state index contributed by atoms with van der Waals surface area (Å²) in [5, 5.41) is 12.3. The van der Waals surface area contributed by atoms with Gasteiger partial charge in [-0.05, 0) is 118 Å². The van der Waals surface area contributed by atoms with Gasteiger partial charge in [-0.25, -0.2) is 0 Å². The summed E-state index contributed by atoms with van der Waals surface area (Å²) in [6.07, 6.45) is 13.7. The van der Waals surface area contributed by atoms with Crippen LogP contribution in [0.3, 0.4) is 0 Å². The minimum absolute atomic E-state index is 0.00406. The van der Waals surface area contributed by atoms with Gasteiger partial charge in [0.1, 0.15) is 0 Å². The molecule has 5 nitrogen and oxygen atoms in total. The second-order valence-corrected chi connectivity index (χ2v) is 12.0. The van der Waals surface area contributed by atoms with E-state index in [-0.39, 0.29) is 5.91 Å². The van der Waals surface area contributed by atoms with Crippen molar-refractivity contribution >= 4 is 11.9 Å². The lowest BCUT2D eigenvalue weighted by Crippen LogP contribution is -2.56. The van der Waals surface area contributed by atoms with Gasteiger partial charge in [-0.1, -0.05) is 13.8 Å². The van der Waals surface area contributed by atoms with Crippen LogP contribution in [0.15, 0.2) is 0 Å². The average molecular weight is 433 g/mol. The molecule has 0 bridgehead atoms. The second-order valence-electron chi connectivity index (χ2n) is 12.0. The number of amides is 1. The van der Waals surface area contributed by atoms with E-state index < -0.39 is 12.0 Å². The number of nitrogens with two attached hydrogens (primary N) is 1. The predicted octanol–water partition coefficient (Wildman–Crippen LogP) is 4.73. The number of carbonyl (C=O) groups is 2. The molecule has 176 valence electrons. The first-order valence-corrected chi connectivity index (χ1v) is 12.9. The SMILES string of the molecule is C[C@H](N)C(=O)N[C@@H]1CC[C@]2(C)C3CCC4(C)C(CCCC(=O)O)CCC4C3CC[C@@H]2C1. The van der Waals surface area contributed by atoms with E-state index in [4.69, 9.17) is 10.8 Å². The van der Waals surface area contributed by atoms with Crippen LogP contribution in [0.25, 0.3) is 0 Å². The zero-order chi connectivity index (χ0) is 22.4. The molecule has 0 aromatic rings. The highest BCUT2D eigenvalue weighted by Gasteiger charge is 2.59. The summed E-state index contributed by atoms with van der Waals surface area (Å²) in [6, 6.07) is -0.127. The first kappa shape index (κ1) is 23.1. The number of fused-ring (bicyclic) bond motifs is 5. The minimum atomic E-state index is -0.651. The van der Waals surface area contributed by atoms with Gasteiger partial charge in [-0.2, -0.15) is 0 Å². The Labute approximate surface area is 188 Å². The molecule has 4 fully saturated rings. The van der Waals surface area contributed by atoms with Crippen molar-refractivity contribution in [2.24, 2.45) is 46.2 Å². The van der Waals surface area contributed by atoms with Crippen molar-refractivity contribution in [1.82, 2.24) is 5.32 Å². The van der Waals surface area contributed by atoms with E-state index in [0.29, 0.717) is 29.2 Å². The van der Waals surface area contributed by atoms with Crippen molar-refractivity contribution in [2.45, 2.75) is 110 Å². The molecule has 0 radical (unpaired) electrons. The topological polar surface area (TPSA) is 92.4 Å². The molecule has 5 unspecified atom stereocenters. The van der Waals surface area contributed by atoms with E-state index >= 15 is 0 Å². The number of carboxylic acids is 1. The van der Waals surface area contributed by atoms with Gasteiger partial charge in [0.05, 0.1) is 6.04 Å². The zero-order valence-corrected chi connectivity index (χ0v) is 19.9. The van der Waals surface area contributed by atoms with Crippen LogP contribution in [0.5, 0.6) is 0 Å². The Hall–Kier alpha value is -1.10. The normalized spacial score (nSPS) is 45.2. The number of aliphatic carboxylic acids is 1. The van der Waals surface area contributed by atoms with Crippen molar-refractivity contribution in [3.8, 4) is 0 Å². The molecule has 5 heteroatoms. The van der Waals surface area contributed by atoms with E-state index in [1.807, 2.05) is 0 Å². The van der Waals surface area contributed by atoms with E-state index in [0.717, 1.165) is 49.4 Å². The van der Waals surface area contributed by atoms with Crippen LogP contribution in [0, 0.1) is 40.4 Å². The second kappa shape index (κ2) is 8.68. The van der Waals surface area contributed by atoms with Gasteiger partial charge < -0.3 is 16.2 Å². The molecule has 4 saturated carbocycles. The third-order valence-electron chi connectivity index (χ3n) is 10.6. The highest BCUT2D eigenvalue weighted by atomic mass is 16.4. The van der Waals surface area contributed by atoms with Crippen molar-refractivity contribution in [1.29, 1.82) is 0 Å². The molecule has 0 aromatic heterocycles. The van der Waals surface area contributed by atoms with Gasteiger partial charge in [-0.3, -0.25) is 9.59 Å². The molecule has 0 aliphatic heterocycles. The quantitative estimate of drug-likeness (QED) is 0.565. The molecule has 4 rings (SSSR count). The van der Waals surface area contributed by atoms with E-state index in [1.54, 1.807) is 6.92 Å². The molecule has 0 heterocycles. The summed E-state index contributed by atoms with van der Waals surface area (Å²) in [5.41, 5.74) is 6.62. The monoisotopic (exact) mass is 432 g/mol. The fourth-order valence-corrected chi connectivity index (χ4v) is 8.80. The maximum atomic E-state index is 12.1. The number of nitrogens with one attached hydrogen (secondary N) is 1. The Morgan fingerprint density at radius 1 is 1.03 bits per heavy atom. The van der Waals surface area contributed by atoms with Crippen molar-refractivity contribution in [2.75, 3.05) is 0 Å². The average Bonchev–Trinajstić information content (AvgIpc) is 3.04. The molecule has 4 aliphatic carbocycles. The van der Waals surface area contributed by atoms with Crippen molar-refractivity contribution in [3.05, 3.63) is 0 Å². The summed E-state index contributed by atoms with van der Waals surface area (Å²) in [4.78, 5) is 23.1. The summed E-state index contributed by atoms with van der Waals surface area (Å²) >= 11 is 0. The van der Waals surface area contributed by atoms with Crippen molar-refractivity contribution < 1.29 is 14.7 Å². The van der Waals surface area contributed by atoms with Crippen LogP contribution in [0.2, 0.25) is 0 Å². The van der Waals surface area contributed by atoms with Gasteiger partial charge in [0.2, 0.25) is 5.91 Å². The fraction of sp³-hybridized carbons (Fsp3) is 0.923. The molecule has 0 spiro atoms. The molecule has 4 aliphatic rings.